The van der Waals surface area contributed by atoms with Gasteiger partial charge in [-0.3, -0.25) is 10.1 Å². The lowest BCUT2D eigenvalue weighted by atomic mass is 10.0. The number of rotatable bonds is 8. The molecule has 0 aliphatic heterocycles. The maximum Gasteiger partial charge on any atom is 0.315 e. The molecule has 2 aromatic carbocycles. The summed E-state index contributed by atoms with van der Waals surface area (Å²) in [4.78, 5) is 22.7. The molecule has 2 aromatic rings. The van der Waals surface area contributed by atoms with E-state index in [0.717, 1.165) is 5.56 Å². The van der Waals surface area contributed by atoms with Crippen LogP contribution in [-0.4, -0.2) is 22.7 Å². The molecule has 0 aromatic heterocycles. The van der Waals surface area contributed by atoms with Gasteiger partial charge in [0.1, 0.15) is 0 Å². The van der Waals surface area contributed by atoms with Gasteiger partial charge in [0.15, 0.2) is 0 Å². The number of para-hydroxylation sites is 1. The Kier molecular flexibility index (Phi) is 6.91. The summed E-state index contributed by atoms with van der Waals surface area (Å²) in [5.74, 6) is 0. The Balaban J connectivity index is 1.98. The number of urea groups is 1. The number of carbonyl (C=O) groups is 1. The molecule has 1 unspecified atom stereocenters. The van der Waals surface area contributed by atoms with Crippen molar-refractivity contribution in [2.24, 2.45) is 0 Å². The van der Waals surface area contributed by atoms with Crippen LogP contribution in [0.4, 0.5) is 10.5 Å². The summed E-state index contributed by atoms with van der Waals surface area (Å²) in [5, 5.41) is 25.5. The van der Waals surface area contributed by atoms with Crippen LogP contribution in [0.3, 0.4) is 0 Å². The van der Waals surface area contributed by atoms with E-state index in [4.69, 9.17) is 5.11 Å². The highest BCUT2D eigenvalue weighted by Crippen LogP contribution is 2.19. The Labute approximate surface area is 145 Å². The van der Waals surface area contributed by atoms with Crippen LogP contribution in [0.15, 0.2) is 54.6 Å². The molecule has 3 N–H and O–H groups in total. The van der Waals surface area contributed by atoms with E-state index in [1.807, 2.05) is 30.3 Å². The first-order valence-corrected chi connectivity index (χ1v) is 8.04. The lowest BCUT2D eigenvalue weighted by molar-refractivity contribution is -0.385. The second kappa shape index (κ2) is 9.39. The van der Waals surface area contributed by atoms with E-state index in [0.29, 0.717) is 18.4 Å². The molecule has 0 heterocycles. The minimum absolute atomic E-state index is 0.0253. The van der Waals surface area contributed by atoms with E-state index in [-0.39, 0.29) is 24.9 Å². The summed E-state index contributed by atoms with van der Waals surface area (Å²) < 4.78 is 0. The number of nitrogens with zero attached hydrogens (tertiary/aromatic N) is 1. The highest BCUT2D eigenvalue weighted by Gasteiger charge is 2.16. The van der Waals surface area contributed by atoms with Gasteiger partial charge in [0.25, 0.3) is 5.69 Å². The lowest BCUT2D eigenvalue weighted by Gasteiger charge is -2.19. The molecule has 0 aliphatic carbocycles. The Morgan fingerprint density at radius 1 is 1.12 bits per heavy atom. The highest BCUT2D eigenvalue weighted by atomic mass is 16.6. The average molecular weight is 343 g/mol. The van der Waals surface area contributed by atoms with Crippen molar-refractivity contribution in [2.75, 3.05) is 6.61 Å². The molecule has 7 nitrogen and oxygen atoms in total. The quantitative estimate of drug-likeness (QED) is 0.506. The van der Waals surface area contributed by atoms with Crippen LogP contribution in [0.5, 0.6) is 0 Å². The first kappa shape index (κ1) is 18.4. The average Bonchev–Trinajstić information content (AvgIpc) is 2.64. The van der Waals surface area contributed by atoms with Crippen LogP contribution in [0.1, 0.15) is 30.0 Å². The third-order valence-corrected chi connectivity index (χ3v) is 3.79. The standard InChI is InChI=1S/C18H21N3O4/c22-12-6-10-16(14-7-2-1-3-8-14)20-18(23)19-13-15-9-4-5-11-17(15)21(24)25/h1-5,7-9,11,16,22H,6,10,12-13H2,(H2,19,20,23). The van der Waals surface area contributed by atoms with Gasteiger partial charge in [-0.05, 0) is 18.4 Å². The summed E-state index contributed by atoms with van der Waals surface area (Å²) in [6.45, 7) is 0.105. The Hall–Kier alpha value is -2.93. The van der Waals surface area contributed by atoms with Crippen molar-refractivity contribution in [3.8, 4) is 0 Å². The summed E-state index contributed by atoms with van der Waals surface area (Å²) in [5.41, 5.74) is 1.36. The molecule has 0 saturated carbocycles. The second-order valence-corrected chi connectivity index (χ2v) is 5.54. The number of nitro groups is 1. The molecule has 2 rings (SSSR count). The SMILES string of the molecule is O=C(NCc1ccccc1[N+](=O)[O-])NC(CCCO)c1ccccc1. The van der Waals surface area contributed by atoms with Gasteiger partial charge in [-0.2, -0.15) is 0 Å². The number of aliphatic hydroxyl groups is 1. The van der Waals surface area contributed by atoms with Gasteiger partial charge in [0, 0.05) is 18.2 Å². The van der Waals surface area contributed by atoms with Gasteiger partial charge < -0.3 is 15.7 Å². The molecule has 7 heteroatoms. The van der Waals surface area contributed by atoms with Crippen molar-refractivity contribution in [3.05, 3.63) is 75.8 Å². The molecule has 0 radical (unpaired) electrons. The van der Waals surface area contributed by atoms with Crippen molar-refractivity contribution in [1.29, 1.82) is 0 Å². The van der Waals surface area contributed by atoms with E-state index in [9.17, 15) is 14.9 Å². The van der Waals surface area contributed by atoms with Crippen LogP contribution in [-0.2, 0) is 6.54 Å². The highest BCUT2D eigenvalue weighted by molar-refractivity contribution is 5.74. The third kappa shape index (κ3) is 5.58. The Bertz CT molecular complexity index is 706. The fourth-order valence-corrected chi connectivity index (χ4v) is 2.53. The predicted octanol–water partition coefficient (Wildman–Crippen LogP) is 2.91. The molecule has 0 bridgehead atoms. The number of hydrogen-bond donors (Lipinski definition) is 3. The molecule has 25 heavy (non-hydrogen) atoms. The molecule has 1 atom stereocenters. The summed E-state index contributed by atoms with van der Waals surface area (Å²) in [7, 11) is 0. The van der Waals surface area contributed by atoms with E-state index in [1.165, 1.54) is 6.07 Å². The van der Waals surface area contributed by atoms with Crippen LogP contribution in [0, 0.1) is 10.1 Å². The number of carbonyl (C=O) groups excluding carboxylic acids is 1. The third-order valence-electron chi connectivity index (χ3n) is 3.79. The van der Waals surface area contributed by atoms with Gasteiger partial charge in [-0.1, -0.05) is 48.5 Å². The molecule has 0 saturated heterocycles. The number of amides is 2. The zero-order valence-corrected chi connectivity index (χ0v) is 13.7. The van der Waals surface area contributed by atoms with Crippen LogP contribution in [0.2, 0.25) is 0 Å². The number of aliphatic hydroxyl groups excluding tert-OH is 1. The molecule has 2 amide bonds. The second-order valence-electron chi connectivity index (χ2n) is 5.54. The van der Waals surface area contributed by atoms with Gasteiger partial charge in [0.05, 0.1) is 17.5 Å². The van der Waals surface area contributed by atoms with E-state index >= 15 is 0 Å². The van der Waals surface area contributed by atoms with Crippen LogP contribution < -0.4 is 10.6 Å². The number of hydrogen-bond acceptors (Lipinski definition) is 4. The lowest BCUT2D eigenvalue weighted by Crippen LogP contribution is -2.37. The first-order valence-electron chi connectivity index (χ1n) is 8.04. The minimum atomic E-state index is -0.469. The Morgan fingerprint density at radius 3 is 2.48 bits per heavy atom. The predicted molar refractivity (Wildman–Crippen MR) is 94.0 cm³/mol. The Morgan fingerprint density at radius 2 is 1.80 bits per heavy atom. The van der Waals surface area contributed by atoms with Crippen molar-refractivity contribution in [1.82, 2.24) is 10.6 Å². The normalized spacial score (nSPS) is 11.6. The number of benzene rings is 2. The summed E-state index contributed by atoms with van der Waals surface area (Å²) in [6.07, 6.45) is 1.16. The van der Waals surface area contributed by atoms with Crippen LogP contribution in [0.25, 0.3) is 0 Å². The van der Waals surface area contributed by atoms with E-state index in [1.54, 1.807) is 18.2 Å². The van der Waals surface area contributed by atoms with Crippen molar-refractivity contribution in [2.45, 2.75) is 25.4 Å². The smallest absolute Gasteiger partial charge is 0.315 e. The number of nitrogens with one attached hydrogen (secondary N) is 2. The zero-order chi connectivity index (χ0) is 18.1. The molecular formula is C18H21N3O4. The fourth-order valence-electron chi connectivity index (χ4n) is 2.53. The van der Waals surface area contributed by atoms with Crippen molar-refractivity contribution >= 4 is 11.7 Å². The molecule has 0 aliphatic rings. The molecule has 0 spiro atoms. The monoisotopic (exact) mass is 343 g/mol. The van der Waals surface area contributed by atoms with Gasteiger partial charge in [-0.25, -0.2) is 4.79 Å². The number of nitro benzene ring substituents is 1. The molecular weight excluding hydrogens is 322 g/mol. The van der Waals surface area contributed by atoms with Gasteiger partial charge in [0.2, 0.25) is 0 Å². The maximum absolute atomic E-state index is 12.2. The van der Waals surface area contributed by atoms with E-state index < -0.39 is 11.0 Å². The van der Waals surface area contributed by atoms with Gasteiger partial charge >= 0.3 is 6.03 Å². The maximum atomic E-state index is 12.2. The topological polar surface area (TPSA) is 104 Å². The van der Waals surface area contributed by atoms with Gasteiger partial charge in [-0.15, -0.1) is 0 Å². The largest absolute Gasteiger partial charge is 0.396 e. The van der Waals surface area contributed by atoms with Crippen LogP contribution >= 0.6 is 0 Å². The fraction of sp³-hybridized carbons (Fsp3) is 0.278. The first-order chi connectivity index (χ1) is 12.1. The van der Waals surface area contributed by atoms with Crippen molar-refractivity contribution < 1.29 is 14.8 Å². The molecule has 132 valence electrons. The van der Waals surface area contributed by atoms with E-state index in [2.05, 4.69) is 10.6 Å². The minimum Gasteiger partial charge on any atom is -0.396 e. The zero-order valence-electron chi connectivity index (χ0n) is 13.7. The summed E-state index contributed by atoms with van der Waals surface area (Å²) in [6, 6.07) is 15.1. The van der Waals surface area contributed by atoms with Crippen molar-refractivity contribution in [3.63, 3.8) is 0 Å². The molecule has 0 fully saturated rings. The summed E-state index contributed by atoms with van der Waals surface area (Å²) >= 11 is 0.